The van der Waals surface area contributed by atoms with Crippen LogP contribution < -0.4 is 0 Å². The van der Waals surface area contributed by atoms with Crippen molar-refractivity contribution in [2.45, 2.75) is 23.0 Å². The second-order valence-electron chi connectivity index (χ2n) is 5.43. The second-order valence-corrected chi connectivity index (χ2v) is 7.16. The Bertz CT molecular complexity index is 669. The highest BCUT2D eigenvalue weighted by molar-refractivity contribution is 7.92. The standard InChI is InChI=1S/C16H16FN3O2S/c17-13-1-3-14(4-2-13)23(22)15-5-6-20(10-15)16(21)7-12-8-18-11-19-9-12/h1-4,8-9,11,15H,5-7,10H2. The fourth-order valence-electron chi connectivity index (χ4n) is 2.60. The van der Waals surface area contributed by atoms with Gasteiger partial charge in [0.05, 0.1) is 13.0 Å². The van der Waals surface area contributed by atoms with E-state index in [1.807, 2.05) is 0 Å². The Labute approximate surface area is 136 Å². The lowest BCUT2D eigenvalue weighted by atomic mass is 10.2. The minimum Gasteiger partial charge on any atom is -0.611 e. The number of hydrogen-bond donors (Lipinski definition) is 0. The van der Waals surface area contributed by atoms with E-state index in [-0.39, 0.29) is 23.4 Å². The molecule has 2 unspecified atom stereocenters. The third kappa shape index (κ3) is 3.86. The number of rotatable bonds is 4. The van der Waals surface area contributed by atoms with Gasteiger partial charge in [-0.3, -0.25) is 4.79 Å². The first-order valence-corrected chi connectivity index (χ1v) is 8.52. The van der Waals surface area contributed by atoms with Gasteiger partial charge in [0.1, 0.15) is 17.4 Å². The van der Waals surface area contributed by atoms with Crippen LogP contribution in [0.5, 0.6) is 0 Å². The Kier molecular flexibility index (Phi) is 4.88. The molecule has 5 nitrogen and oxygen atoms in total. The molecule has 0 aliphatic carbocycles. The van der Waals surface area contributed by atoms with Gasteiger partial charge in [0.15, 0.2) is 4.90 Å². The van der Waals surface area contributed by atoms with E-state index in [4.69, 9.17) is 0 Å². The number of benzene rings is 1. The summed E-state index contributed by atoms with van der Waals surface area (Å²) in [6, 6.07) is 5.69. The predicted octanol–water partition coefficient (Wildman–Crippen LogP) is 1.57. The summed E-state index contributed by atoms with van der Waals surface area (Å²) in [4.78, 5) is 22.4. The highest BCUT2D eigenvalue weighted by Crippen LogP contribution is 2.24. The van der Waals surface area contributed by atoms with Crippen molar-refractivity contribution in [3.8, 4) is 0 Å². The number of halogens is 1. The first-order chi connectivity index (χ1) is 11.1. The summed E-state index contributed by atoms with van der Waals surface area (Å²) in [6.07, 6.45) is 5.59. The quantitative estimate of drug-likeness (QED) is 0.797. The van der Waals surface area contributed by atoms with Crippen molar-refractivity contribution in [3.63, 3.8) is 0 Å². The number of carbonyl (C=O) groups excluding carboxylic acids is 1. The smallest absolute Gasteiger partial charge is 0.227 e. The van der Waals surface area contributed by atoms with E-state index in [1.165, 1.54) is 30.6 Å². The highest BCUT2D eigenvalue weighted by atomic mass is 32.2. The van der Waals surface area contributed by atoms with E-state index < -0.39 is 11.2 Å². The number of likely N-dealkylation sites (tertiary alicyclic amines) is 1. The lowest BCUT2D eigenvalue weighted by Gasteiger charge is -2.19. The molecule has 3 rings (SSSR count). The number of hydrogen-bond acceptors (Lipinski definition) is 4. The third-order valence-corrected chi connectivity index (χ3v) is 5.54. The molecule has 0 spiro atoms. The molecule has 1 amide bonds. The molecule has 0 bridgehead atoms. The van der Waals surface area contributed by atoms with Crippen LogP contribution in [0, 0.1) is 5.82 Å². The summed E-state index contributed by atoms with van der Waals surface area (Å²) in [5.41, 5.74) is 0.764. The van der Waals surface area contributed by atoms with Gasteiger partial charge in [-0.2, -0.15) is 0 Å². The summed E-state index contributed by atoms with van der Waals surface area (Å²) in [5.74, 6) is -0.363. The molecule has 2 atom stereocenters. The monoisotopic (exact) mass is 333 g/mol. The molecule has 2 aromatic rings. The summed E-state index contributed by atoms with van der Waals surface area (Å²) in [7, 11) is 0. The van der Waals surface area contributed by atoms with E-state index in [9.17, 15) is 13.7 Å². The lowest BCUT2D eigenvalue weighted by molar-refractivity contribution is -0.129. The normalized spacial score (nSPS) is 18.9. The molecule has 0 saturated carbocycles. The van der Waals surface area contributed by atoms with E-state index in [0.29, 0.717) is 24.4 Å². The molecule has 1 aliphatic rings. The molecule has 0 N–H and O–H groups in total. The van der Waals surface area contributed by atoms with Crippen LogP contribution in [0.4, 0.5) is 4.39 Å². The Hall–Kier alpha value is -1.99. The summed E-state index contributed by atoms with van der Waals surface area (Å²) >= 11 is -1.24. The molecule has 23 heavy (non-hydrogen) atoms. The molecule has 7 heteroatoms. The zero-order chi connectivity index (χ0) is 16.2. The highest BCUT2D eigenvalue weighted by Gasteiger charge is 2.35. The van der Waals surface area contributed by atoms with E-state index in [0.717, 1.165) is 5.56 Å². The zero-order valence-electron chi connectivity index (χ0n) is 12.4. The topological polar surface area (TPSA) is 69.2 Å². The Morgan fingerprint density at radius 1 is 1.30 bits per heavy atom. The number of carbonyl (C=O) groups is 1. The van der Waals surface area contributed by atoms with E-state index in [1.54, 1.807) is 17.3 Å². The summed E-state index contributed by atoms with van der Waals surface area (Å²) < 4.78 is 25.5. The van der Waals surface area contributed by atoms with Gasteiger partial charge in [-0.25, -0.2) is 14.4 Å². The minimum atomic E-state index is -1.24. The zero-order valence-corrected chi connectivity index (χ0v) is 13.2. The molecule has 1 fully saturated rings. The van der Waals surface area contributed by atoms with Crippen molar-refractivity contribution < 1.29 is 13.7 Å². The summed E-state index contributed by atoms with van der Waals surface area (Å²) in [6.45, 7) is 1.04. The minimum absolute atomic E-state index is 0.0154. The fourth-order valence-corrected chi connectivity index (χ4v) is 4.02. The molecule has 120 valence electrons. The third-order valence-electron chi connectivity index (χ3n) is 3.82. The van der Waals surface area contributed by atoms with Crippen LogP contribution in [0.2, 0.25) is 0 Å². The number of aromatic nitrogens is 2. The Morgan fingerprint density at radius 3 is 2.70 bits per heavy atom. The fraction of sp³-hybridized carbons (Fsp3) is 0.312. The van der Waals surface area contributed by atoms with Crippen molar-refractivity contribution in [2.75, 3.05) is 13.1 Å². The van der Waals surface area contributed by atoms with Crippen LogP contribution in [0.25, 0.3) is 0 Å². The van der Waals surface area contributed by atoms with Crippen molar-refractivity contribution in [3.05, 3.63) is 54.4 Å². The molecule has 1 aliphatic heterocycles. The van der Waals surface area contributed by atoms with Crippen LogP contribution in [-0.4, -0.2) is 43.7 Å². The SMILES string of the molecule is O=C(Cc1cncnc1)N1CCC([S+]([O-])c2ccc(F)cc2)C1. The van der Waals surface area contributed by atoms with Crippen LogP contribution in [0.1, 0.15) is 12.0 Å². The van der Waals surface area contributed by atoms with Gasteiger partial charge < -0.3 is 9.45 Å². The van der Waals surface area contributed by atoms with Gasteiger partial charge in [0.25, 0.3) is 0 Å². The lowest BCUT2D eigenvalue weighted by Crippen LogP contribution is -2.33. The van der Waals surface area contributed by atoms with Gasteiger partial charge in [0, 0.05) is 25.4 Å². The molecular weight excluding hydrogens is 317 g/mol. The number of amides is 1. The molecule has 1 aromatic carbocycles. The Balaban J connectivity index is 1.59. The van der Waals surface area contributed by atoms with Gasteiger partial charge in [0.2, 0.25) is 5.91 Å². The van der Waals surface area contributed by atoms with Gasteiger partial charge in [-0.05, 0) is 41.0 Å². The van der Waals surface area contributed by atoms with Gasteiger partial charge in [-0.1, -0.05) is 0 Å². The van der Waals surface area contributed by atoms with E-state index in [2.05, 4.69) is 9.97 Å². The van der Waals surface area contributed by atoms with Crippen LogP contribution in [0.3, 0.4) is 0 Å². The maximum Gasteiger partial charge on any atom is 0.227 e. The van der Waals surface area contributed by atoms with Crippen LogP contribution >= 0.6 is 0 Å². The van der Waals surface area contributed by atoms with Crippen LogP contribution in [-0.2, 0) is 22.4 Å². The average molecular weight is 333 g/mol. The van der Waals surface area contributed by atoms with Crippen molar-refractivity contribution in [1.82, 2.24) is 14.9 Å². The van der Waals surface area contributed by atoms with E-state index >= 15 is 0 Å². The number of nitrogens with zero attached hydrogens (tertiary/aromatic N) is 3. The predicted molar refractivity (Wildman–Crippen MR) is 83.5 cm³/mol. The Morgan fingerprint density at radius 2 is 2.00 bits per heavy atom. The summed E-state index contributed by atoms with van der Waals surface area (Å²) in [5, 5.41) is -0.114. The maximum atomic E-state index is 12.9. The maximum absolute atomic E-state index is 12.9. The largest absolute Gasteiger partial charge is 0.611 e. The van der Waals surface area contributed by atoms with Crippen molar-refractivity contribution in [1.29, 1.82) is 0 Å². The van der Waals surface area contributed by atoms with Gasteiger partial charge >= 0.3 is 0 Å². The van der Waals surface area contributed by atoms with Gasteiger partial charge in [-0.15, -0.1) is 0 Å². The molecule has 1 aromatic heterocycles. The van der Waals surface area contributed by atoms with Crippen molar-refractivity contribution >= 4 is 17.1 Å². The van der Waals surface area contributed by atoms with Crippen LogP contribution in [0.15, 0.2) is 47.9 Å². The molecular formula is C16H16FN3O2S. The molecule has 2 heterocycles. The van der Waals surface area contributed by atoms with Crippen molar-refractivity contribution in [2.24, 2.45) is 0 Å². The average Bonchev–Trinajstić information content (AvgIpc) is 3.06. The molecule has 1 saturated heterocycles. The molecule has 0 radical (unpaired) electrons. The first kappa shape index (κ1) is 15.9. The second kappa shape index (κ2) is 7.06. The first-order valence-electron chi connectivity index (χ1n) is 7.31.